The Morgan fingerprint density at radius 2 is 2.10 bits per heavy atom. The SMILES string of the molecule is CNC(=O)C1CCN(CC(O)c2ccccc2Cl)CC1. The standard InChI is InChI=1S/C15H21ClN2O2/c1-17-15(20)11-6-8-18(9-7-11)10-14(19)12-4-2-3-5-13(12)16/h2-5,11,14,19H,6-10H2,1H3,(H,17,20). The van der Waals surface area contributed by atoms with Gasteiger partial charge in [-0.3, -0.25) is 4.79 Å². The van der Waals surface area contributed by atoms with Crippen molar-refractivity contribution in [3.05, 3.63) is 34.9 Å². The number of hydrogen-bond acceptors (Lipinski definition) is 3. The lowest BCUT2D eigenvalue weighted by Crippen LogP contribution is -2.41. The molecule has 1 unspecified atom stereocenters. The molecule has 0 aliphatic carbocycles. The number of amides is 1. The molecule has 2 N–H and O–H groups in total. The summed E-state index contributed by atoms with van der Waals surface area (Å²) in [6.45, 7) is 2.23. The van der Waals surface area contributed by atoms with Crippen LogP contribution in [0.2, 0.25) is 5.02 Å². The highest BCUT2D eigenvalue weighted by Crippen LogP contribution is 2.25. The summed E-state index contributed by atoms with van der Waals surface area (Å²) in [5.41, 5.74) is 0.766. The highest BCUT2D eigenvalue weighted by molar-refractivity contribution is 6.31. The molecule has 1 fully saturated rings. The molecule has 110 valence electrons. The summed E-state index contributed by atoms with van der Waals surface area (Å²) in [6.07, 6.45) is 1.10. The number of nitrogens with zero attached hydrogens (tertiary/aromatic N) is 1. The van der Waals surface area contributed by atoms with E-state index in [2.05, 4.69) is 10.2 Å². The molecule has 1 aromatic carbocycles. The number of aliphatic hydroxyl groups is 1. The zero-order valence-electron chi connectivity index (χ0n) is 11.7. The third-order valence-electron chi connectivity index (χ3n) is 3.90. The Balaban J connectivity index is 1.87. The molecular formula is C15H21ClN2O2. The Morgan fingerprint density at radius 3 is 2.70 bits per heavy atom. The molecule has 0 saturated carbocycles. The maximum Gasteiger partial charge on any atom is 0.222 e. The van der Waals surface area contributed by atoms with Crippen LogP contribution in [-0.2, 0) is 4.79 Å². The number of carbonyl (C=O) groups is 1. The number of likely N-dealkylation sites (tertiary alicyclic amines) is 1. The third-order valence-corrected chi connectivity index (χ3v) is 4.24. The van der Waals surface area contributed by atoms with E-state index >= 15 is 0 Å². The Hall–Kier alpha value is -1.10. The molecule has 1 heterocycles. The van der Waals surface area contributed by atoms with Gasteiger partial charge in [0.25, 0.3) is 0 Å². The average Bonchev–Trinajstić information content (AvgIpc) is 2.47. The number of nitrogens with one attached hydrogen (secondary N) is 1. The lowest BCUT2D eigenvalue weighted by molar-refractivity contribution is -0.126. The fourth-order valence-electron chi connectivity index (χ4n) is 2.67. The lowest BCUT2D eigenvalue weighted by atomic mass is 9.95. The maximum atomic E-state index is 11.6. The van der Waals surface area contributed by atoms with Crippen molar-refractivity contribution in [1.29, 1.82) is 0 Å². The third kappa shape index (κ3) is 3.72. The predicted octanol–water partition coefficient (Wildman–Crippen LogP) is 1.83. The van der Waals surface area contributed by atoms with Crippen LogP contribution in [0.15, 0.2) is 24.3 Å². The molecule has 1 aliphatic heterocycles. The van der Waals surface area contributed by atoms with Crippen LogP contribution in [0.5, 0.6) is 0 Å². The van der Waals surface area contributed by atoms with E-state index in [9.17, 15) is 9.90 Å². The van der Waals surface area contributed by atoms with Crippen LogP contribution in [-0.4, -0.2) is 42.6 Å². The van der Waals surface area contributed by atoms with Crippen LogP contribution in [0.3, 0.4) is 0 Å². The van der Waals surface area contributed by atoms with Gasteiger partial charge in [0.2, 0.25) is 5.91 Å². The fraction of sp³-hybridized carbons (Fsp3) is 0.533. The molecule has 20 heavy (non-hydrogen) atoms. The van der Waals surface area contributed by atoms with Gasteiger partial charge < -0.3 is 15.3 Å². The Bertz CT molecular complexity index is 459. The normalized spacial score (nSPS) is 18.8. The minimum atomic E-state index is -0.583. The summed E-state index contributed by atoms with van der Waals surface area (Å²) in [5, 5.41) is 13.6. The first-order valence-corrected chi connectivity index (χ1v) is 7.36. The summed E-state index contributed by atoms with van der Waals surface area (Å²) in [7, 11) is 1.68. The predicted molar refractivity (Wildman–Crippen MR) is 79.6 cm³/mol. The van der Waals surface area contributed by atoms with E-state index < -0.39 is 6.10 Å². The van der Waals surface area contributed by atoms with Gasteiger partial charge in [-0.2, -0.15) is 0 Å². The van der Waals surface area contributed by atoms with Gasteiger partial charge in [0, 0.05) is 30.1 Å². The second-order valence-electron chi connectivity index (χ2n) is 5.23. The molecule has 1 aromatic rings. The number of hydrogen-bond donors (Lipinski definition) is 2. The summed E-state index contributed by atoms with van der Waals surface area (Å²) >= 11 is 6.09. The minimum absolute atomic E-state index is 0.105. The van der Waals surface area contributed by atoms with Gasteiger partial charge in [-0.1, -0.05) is 29.8 Å². The van der Waals surface area contributed by atoms with Crippen molar-refractivity contribution in [3.63, 3.8) is 0 Å². The largest absolute Gasteiger partial charge is 0.387 e. The van der Waals surface area contributed by atoms with E-state index in [0.717, 1.165) is 31.5 Å². The van der Waals surface area contributed by atoms with Gasteiger partial charge in [0.1, 0.15) is 0 Å². The van der Waals surface area contributed by atoms with Crippen molar-refractivity contribution in [2.75, 3.05) is 26.7 Å². The first-order valence-electron chi connectivity index (χ1n) is 6.98. The summed E-state index contributed by atoms with van der Waals surface area (Å²) < 4.78 is 0. The molecule has 0 spiro atoms. The molecule has 1 saturated heterocycles. The molecule has 0 radical (unpaired) electrons. The molecule has 4 nitrogen and oxygen atoms in total. The van der Waals surface area contributed by atoms with Crippen LogP contribution in [0.25, 0.3) is 0 Å². The number of carbonyl (C=O) groups excluding carboxylic acids is 1. The number of aliphatic hydroxyl groups excluding tert-OH is 1. The summed E-state index contributed by atoms with van der Waals surface area (Å²) in [4.78, 5) is 13.8. The number of β-amino-alcohol motifs (C(OH)–C–C–N with tert-alkyl or cyclic N) is 1. The van der Waals surface area contributed by atoms with Gasteiger partial charge in [0.05, 0.1) is 6.10 Å². The molecule has 0 aromatic heterocycles. The van der Waals surface area contributed by atoms with E-state index in [1.807, 2.05) is 18.2 Å². The second kappa shape index (κ2) is 7.07. The Kier molecular flexibility index (Phi) is 5.40. The average molecular weight is 297 g/mol. The first kappa shape index (κ1) is 15.3. The van der Waals surface area contributed by atoms with Gasteiger partial charge in [-0.15, -0.1) is 0 Å². The summed E-state index contributed by atoms with van der Waals surface area (Å²) in [6, 6.07) is 7.37. The quantitative estimate of drug-likeness (QED) is 0.891. The van der Waals surface area contributed by atoms with Crippen LogP contribution in [0, 0.1) is 5.92 Å². The molecule has 5 heteroatoms. The molecule has 2 rings (SSSR count). The fourth-order valence-corrected chi connectivity index (χ4v) is 2.93. The van der Waals surface area contributed by atoms with E-state index in [0.29, 0.717) is 11.6 Å². The zero-order valence-corrected chi connectivity index (χ0v) is 12.4. The highest BCUT2D eigenvalue weighted by Gasteiger charge is 2.25. The summed E-state index contributed by atoms with van der Waals surface area (Å²) in [5.74, 6) is 0.227. The van der Waals surface area contributed by atoms with E-state index in [1.54, 1.807) is 13.1 Å². The van der Waals surface area contributed by atoms with Crippen molar-refractivity contribution in [1.82, 2.24) is 10.2 Å². The number of rotatable bonds is 4. The Labute approximate surface area is 124 Å². The minimum Gasteiger partial charge on any atom is -0.387 e. The van der Waals surface area contributed by atoms with Crippen molar-refractivity contribution >= 4 is 17.5 Å². The number of piperidine rings is 1. The lowest BCUT2D eigenvalue weighted by Gasteiger charge is -2.32. The van der Waals surface area contributed by atoms with Crippen LogP contribution in [0.4, 0.5) is 0 Å². The van der Waals surface area contributed by atoms with Gasteiger partial charge >= 0.3 is 0 Å². The smallest absolute Gasteiger partial charge is 0.222 e. The van der Waals surface area contributed by atoms with Crippen LogP contribution < -0.4 is 5.32 Å². The monoisotopic (exact) mass is 296 g/mol. The molecule has 0 bridgehead atoms. The van der Waals surface area contributed by atoms with E-state index in [4.69, 9.17) is 11.6 Å². The van der Waals surface area contributed by atoms with Crippen molar-refractivity contribution in [2.45, 2.75) is 18.9 Å². The van der Waals surface area contributed by atoms with Gasteiger partial charge in [-0.25, -0.2) is 0 Å². The number of halogens is 1. The van der Waals surface area contributed by atoms with Crippen molar-refractivity contribution < 1.29 is 9.90 Å². The first-order chi connectivity index (χ1) is 9.61. The van der Waals surface area contributed by atoms with Crippen molar-refractivity contribution in [3.8, 4) is 0 Å². The van der Waals surface area contributed by atoms with Crippen molar-refractivity contribution in [2.24, 2.45) is 5.92 Å². The van der Waals surface area contributed by atoms with Crippen LogP contribution in [0.1, 0.15) is 24.5 Å². The second-order valence-corrected chi connectivity index (χ2v) is 5.63. The maximum absolute atomic E-state index is 11.6. The topological polar surface area (TPSA) is 52.6 Å². The number of benzene rings is 1. The molecule has 1 aliphatic rings. The van der Waals surface area contributed by atoms with Crippen LogP contribution >= 0.6 is 11.6 Å². The zero-order chi connectivity index (χ0) is 14.5. The van der Waals surface area contributed by atoms with Gasteiger partial charge in [-0.05, 0) is 32.0 Å². The van der Waals surface area contributed by atoms with Gasteiger partial charge in [0.15, 0.2) is 0 Å². The molecule has 1 atom stereocenters. The molecule has 1 amide bonds. The van der Waals surface area contributed by atoms with E-state index in [-0.39, 0.29) is 11.8 Å². The Morgan fingerprint density at radius 1 is 1.45 bits per heavy atom. The van der Waals surface area contributed by atoms with E-state index in [1.165, 1.54) is 0 Å². The molecular weight excluding hydrogens is 276 g/mol. The highest BCUT2D eigenvalue weighted by atomic mass is 35.5.